The van der Waals surface area contributed by atoms with Crippen molar-refractivity contribution in [2.75, 3.05) is 20.2 Å². The third kappa shape index (κ3) is 3.76. The first-order valence-corrected chi connectivity index (χ1v) is 10.8. The van der Waals surface area contributed by atoms with Crippen LogP contribution in [0.15, 0.2) is 48.5 Å². The molecule has 1 N–H and O–H groups in total. The van der Waals surface area contributed by atoms with Crippen molar-refractivity contribution in [2.45, 2.75) is 43.7 Å². The molecule has 2 aliphatic rings. The van der Waals surface area contributed by atoms with Gasteiger partial charge in [0, 0.05) is 41.8 Å². The third-order valence-corrected chi connectivity index (χ3v) is 6.64. The molecule has 0 atom stereocenters. The Morgan fingerprint density at radius 3 is 2.57 bits per heavy atom. The Hall–Kier alpha value is -2.97. The van der Waals surface area contributed by atoms with Crippen LogP contribution in [-0.2, 0) is 0 Å². The van der Waals surface area contributed by atoms with Gasteiger partial charge in [0.1, 0.15) is 17.6 Å². The third-order valence-electron chi connectivity index (χ3n) is 6.64. The molecule has 0 radical (unpaired) electrons. The maximum atomic E-state index is 9.11. The molecular weight excluding hydrogens is 374 g/mol. The molecule has 154 valence electrons. The number of nitrogens with zero attached hydrogens (tertiary/aromatic N) is 2. The number of likely N-dealkylation sites (tertiary alicyclic amines) is 1. The van der Waals surface area contributed by atoms with Crippen LogP contribution in [0.1, 0.15) is 42.9 Å². The summed E-state index contributed by atoms with van der Waals surface area (Å²) in [4.78, 5) is 6.15. The fraction of sp³-hybridized carbons (Fsp3) is 0.400. The normalized spacial score (nSPS) is 22.4. The first kappa shape index (κ1) is 19.0. The van der Waals surface area contributed by atoms with Gasteiger partial charge in [-0.05, 0) is 68.0 Å². The Kier molecular flexibility index (Phi) is 5.10. The zero-order valence-electron chi connectivity index (χ0n) is 17.3. The van der Waals surface area contributed by atoms with E-state index in [-0.39, 0.29) is 6.10 Å². The molecule has 1 aliphatic carbocycles. The van der Waals surface area contributed by atoms with Crippen molar-refractivity contribution in [3.63, 3.8) is 0 Å². The van der Waals surface area contributed by atoms with Gasteiger partial charge in [-0.15, -0.1) is 0 Å². The Bertz CT molecular complexity index is 1070. The summed E-state index contributed by atoms with van der Waals surface area (Å²) < 4.78 is 11.4. The van der Waals surface area contributed by atoms with Crippen molar-refractivity contribution in [2.24, 2.45) is 0 Å². The number of fused-ring (bicyclic) bond motifs is 1. The number of benzene rings is 2. The minimum absolute atomic E-state index is 0.276. The first-order valence-electron chi connectivity index (χ1n) is 10.8. The molecule has 0 unspecified atom stereocenters. The topological polar surface area (TPSA) is 61.3 Å². The Morgan fingerprint density at radius 1 is 1.00 bits per heavy atom. The molecule has 5 rings (SSSR count). The monoisotopic (exact) mass is 401 g/mol. The second kappa shape index (κ2) is 8.04. The summed E-state index contributed by atoms with van der Waals surface area (Å²) in [5.41, 5.74) is 3.17. The van der Waals surface area contributed by atoms with E-state index >= 15 is 0 Å². The molecule has 1 aliphatic heterocycles. The SMILES string of the molecule is COc1cccc(OC2CN([C@H]3CC[C@H](c4cc5cc(C#N)ccc5[nH]4)CC3)C2)c1. The van der Waals surface area contributed by atoms with Crippen LogP contribution in [-0.4, -0.2) is 42.2 Å². The smallest absolute Gasteiger partial charge is 0.124 e. The number of nitriles is 1. The van der Waals surface area contributed by atoms with Gasteiger partial charge in [0.2, 0.25) is 0 Å². The largest absolute Gasteiger partial charge is 0.497 e. The number of hydrogen-bond donors (Lipinski definition) is 1. The van der Waals surface area contributed by atoms with E-state index in [1.165, 1.54) is 31.4 Å². The number of aromatic amines is 1. The zero-order valence-corrected chi connectivity index (χ0v) is 17.3. The first-order chi connectivity index (χ1) is 14.7. The van der Waals surface area contributed by atoms with Crippen molar-refractivity contribution in [3.8, 4) is 17.6 Å². The molecule has 5 nitrogen and oxygen atoms in total. The standard InChI is InChI=1S/C25H27N3O2/c1-29-21-3-2-4-22(13-21)30-23-15-28(16-23)20-8-6-18(7-9-20)25-12-19-11-17(14-26)5-10-24(19)27-25/h2-5,10-13,18,20,23,27H,6-9,15-16H2,1H3/t18-,20-. The summed E-state index contributed by atoms with van der Waals surface area (Å²) in [5, 5.41) is 10.3. The van der Waals surface area contributed by atoms with Gasteiger partial charge < -0.3 is 14.5 Å². The predicted molar refractivity (Wildman–Crippen MR) is 117 cm³/mol. The molecule has 0 bridgehead atoms. The quantitative estimate of drug-likeness (QED) is 0.665. The molecule has 3 aromatic rings. The fourth-order valence-corrected chi connectivity index (χ4v) is 4.91. The van der Waals surface area contributed by atoms with Gasteiger partial charge in [0.05, 0.1) is 18.7 Å². The lowest BCUT2D eigenvalue weighted by Crippen LogP contribution is -2.58. The Labute approximate surface area is 177 Å². The van der Waals surface area contributed by atoms with Crippen molar-refractivity contribution in [1.82, 2.24) is 9.88 Å². The molecule has 2 fully saturated rings. The Morgan fingerprint density at radius 2 is 1.80 bits per heavy atom. The van der Waals surface area contributed by atoms with Gasteiger partial charge in [-0.1, -0.05) is 6.07 Å². The van der Waals surface area contributed by atoms with Gasteiger partial charge in [-0.25, -0.2) is 0 Å². The van der Waals surface area contributed by atoms with E-state index in [0.717, 1.165) is 41.1 Å². The number of rotatable bonds is 5. The number of methoxy groups -OCH3 is 1. The van der Waals surface area contributed by atoms with Gasteiger partial charge in [-0.3, -0.25) is 4.90 Å². The molecule has 2 heterocycles. The molecule has 1 saturated carbocycles. The van der Waals surface area contributed by atoms with Crippen LogP contribution in [0.2, 0.25) is 0 Å². The van der Waals surface area contributed by atoms with Crippen molar-refractivity contribution in [1.29, 1.82) is 5.26 Å². The summed E-state index contributed by atoms with van der Waals surface area (Å²) >= 11 is 0. The van der Waals surface area contributed by atoms with E-state index in [2.05, 4.69) is 22.0 Å². The average molecular weight is 402 g/mol. The van der Waals surface area contributed by atoms with Crippen molar-refractivity contribution < 1.29 is 9.47 Å². The summed E-state index contributed by atoms with van der Waals surface area (Å²) in [7, 11) is 1.68. The van der Waals surface area contributed by atoms with Crippen molar-refractivity contribution >= 4 is 10.9 Å². The lowest BCUT2D eigenvalue weighted by Gasteiger charge is -2.46. The number of H-pyrrole nitrogens is 1. The van der Waals surface area contributed by atoms with E-state index in [9.17, 15) is 0 Å². The van der Waals surface area contributed by atoms with Crippen LogP contribution < -0.4 is 9.47 Å². The number of aromatic nitrogens is 1. The Balaban J connectivity index is 1.13. The van der Waals surface area contributed by atoms with Gasteiger partial charge in [-0.2, -0.15) is 5.26 Å². The molecule has 30 heavy (non-hydrogen) atoms. The van der Waals surface area contributed by atoms with Crippen LogP contribution in [0.5, 0.6) is 11.5 Å². The van der Waals surface area contributed by atoms with E-state index in [4.69, 9.17) is 14.7 Å². The highest BCUT2D eigenvalue weighted by atomic mass is 16.5. The second-order valence-electron chi connectivity index (χ2n) is 8.52. The van der Waals surface area contributed by atoms with Gasteiger partial charge in [0.15, 0.2) is 0 Å². The van der Waals surface area contributed by atoms with Crippen LogP contribution >= 0.6 is 0 Å². The molecule has 1 aromatic heterocycles. The summed E-state index contributed by atoms with van der Waals surface area (Å²) in [5.74, 6) is 2.31. The van der Waals surface area contributed by atoms with Gasteiger partial charge >= 0.3 is 0 Å². The maximum Gasteiger partial charge on any atom is 0.124 e. The number of nitrogens with one attached hydrogen (secondary N) is 1. The highest BCUT2D eigenvalue weighted by Crippen LogP contribution is 2.37. The van der Waals surface area contributed by atoms with Crippen LogP contribution in [0.25, 0.3) is 10.9 Å². The lowest BCUT2D eigenvalue weighted by atomic mass is 9.82. The van der Waals surface area contributed by atoms with Crippen LogP contribution in [0, 0.1) is 11.3 Å². The predicted octanol–water partition coefficient (Wildman–Crippen LogP) is 4.84. The molecule has 1 saturated heterocycles. The molecule has 2 aromatic carbocycles. The highest BCUT2D eigenvalue weighted by molar-refractivity contribution is 5.82. The van der Waals surface area contributed by atoms with Crippen LogP contribution in [0.4, 0.5) is 0 Å². The van der Waals surface area contributed by atoms with E-state index < -0.39 is 0 Å². The number of ether oxygens (including phenoxy) is 2. The molecular formula is C25H27N3O2. The summed E-state index contributed by atoms with van der Waals surface area (Å²) in [6.07, 6.45) is 5.16. The zero-order chi connectivity index (χ0) is 20.5. The van der Waals surface area contributed by atoms with E-state index in [0.29, 0.717) is 12.0 Å². The molecule has 5 heteroatoms. The molecule has 0 amide bonds. The minimum Gasteiger partial charge on any atom is -0.497 e. The fourth-order valence-electron chi connectivity index (χ4n) is 4.91. The lowest BCUT2D eigenvalue weighted by molar-refractivity contribution is -0.0203. The highest BCUT2D eigenvalue weighted by Gasteiger charge is 2.36. The average Bonchev–Trinajstić information content (AvgIpc) is 3.19. The minimum atomic E-state index is 0.276. The van der Waals surface area contributed by atoms with E-state index in [1.807, 2.05) is 42.5 Å². The van der Waals surface area contributed by atoms with E-state index in [1.54, 1.807) is 7.11 Å². The van der Waals surface area contributed by atoms with Gasteiger partial charge in [0.25, 0.3) is 0 Å². The second-order valence-corrected chi connectivity index (χ2v) is 8.52. The molecule has 0 spiro atoms. The summed E-state index contributed by atoms with van der Waals surface area (Å²) in [6.45, 7) is 2.02. The van der Waals surface area contributed by atoms with Crippen LogP contribution in [0.3, 0.4) is 0 Å². The maximum absolute atomic E-state index is 9.11. The summed E-state index contributed by atoms with van der Waals surface area (Å²) in [6, 6.07) is 18.9. The van der Waals surface area contributed by atoms with Crippen molar-refractivity contribution in [3.05, 3.63) is 59.8 Å². The number of hydrogen-bond acceptors (Lipinski definition) is 4.